The number of rotatable bonds is 11. The summed E-state index contributed by atoms with van der Waals surface area (Å²) < 4.78 is 34.4. The monoisotopic (exact) mass is 527 g/mol. The molecule has 0 saturated heterocycles. The van der Waals surface area contributed by atoms with Crippen molar-refractivity contribution in [3.63, 3.8) is 0 Å². The van der Waals surface area contributed by atoms with Crippen molar-refractivity contribution in [2.75, 3.05) is 23.9 Å². The normalized spacial score (nSPS) is 11.5. The van der Waals surface area contributed by atoms with E-state index >= 15 is 0 Å². The Bertz CT molecular complexity index is 1610. The van der Waals surface area contributed by atoms with Crippen molar-refractivity contribution in [1.29, 1.82) is 0 Å². The third-order valence-corrected chi connectivity index (χ3v) is 6.97. The maximum atomic E-state index is 11.3. The fourth-order valence-corrected chi connectivity index (χ4v) is 4.55. The Kier molecular flexibility index (Phi) is 7.72. The van der Waals surface area contributed by atoms with Gasteiger partial charge in [0.1, 0.15) is 33.7 Å². The molecule has 0 aliphatic rings. The van der Waals surface area contributed by atoms with Crippen molar-refractivity contribution in [2.45, 2.75) is 13.2 Å². The summed E-state index contributed by atoms with van der Waals surface area (Å²) in [5, 5.41) is 7.58. The highest BCUT2D eigenvalue weighted by molar-refractivity contribution is 7.90. The number of hydrogen-bond donors (Lipinski definition) is 2. The van der Waals surface area contributed by atoms with Crippen molar-refractivity contribution in [1.82, 2.24) is 10.3 Å². The number of sulfone groups is 1. The Morgan fingerprint density at radius 2 is 1.74 bits per heavy atom. The molecule has 5 rings (SSSR count). The molecule has 7 nitrogen and oxygen atoms in total. The number of nitrogens with zero attached hydrogens (tertiary/aromatic N) is 1. The van der Waals surface area contributed by atoms with E-state index in [4.69, 9.17) is 9.15 Å². The molecule has 0 saturated carbocycles. The predicted molar refractivity (Wildman–Crippen MR) is 151 cm³/mol. The third kappa shape index (κ3) is 6.79. The number of ether oxygens (including phenoxy) is 1. The summed E-state index contributed by atoms with van der Waals surface area (Å²) in [6.07, 6.45) is 3.01. The molecular formula is C30H29N3O4S. The van der Waals surface area contributed by atoms with E-state index in [1.54, 1.807) is 6.20 Å². The van der Waals surface area contributed by atoms with Gasteiger partial charge in [-0.05, 0) is 60.2 Å². The summed E-state index contributed by atoms with van der Waals surface area (Å²) in [4.78, 5) is 4.56. The number of aromatic nitrogens is 1. The van der Waals surface area contributed by atoms with Crippen LogP contribution >= 0.6 is 0 Å². The minimum Gasteiger partial charge on any atom is -0.489 e. The van der Waals surface area contributed by atoms with E-state index in [2.05, 4.69) is 15.6 Å². The highest BCUT2D eigenvalue weighted by Crippen LogP contribution is 2.30. The van der Waals surface area contributed by atoms with Crippen molar-refractivity contribution >= 4 is 32.1 Å². The number of anilines is 2. The van der Waals surface area contributed by atoms with Crippen LogP contribution in [0.5, 0.6) is 5.75 Å². The van der Waals surface area contributed by atoms with Crippen LogP contribution < -0.4 is 15.4 Å². The lowest BCUT2D eigenvalue weighted by Crippen LogP contribution is -2.21. The number of nitrogens with one attached hydrogen (secondary N) is 2. The molecule has 0 amide bonds. The third-order valence-electron chi connectivity index (χ3n) is 6.02. The summed E-state index contributed by atoms with van der Waals surface area (Å²) in [5.41, 5.74) is 4.80. The lowest BCUT2D eigenvalue weighted by atomic mass is 10.1. The van der Waals surface area contributed by atoms with Crippen LogP contribution in [-0.2, 0) is 23.0 Å². The average molecular weight is 528 g/mol. The minimum atomic E-state index is -2.99. The van der Waals surface area contributed by atoms with Gasteiger partial charge in [-0.2, -0.15) is 0 Å². The average Bonchev–Trinajstić information content (AvgIpc) is 3.40. The van der Waals surface area contributed by atoms with Gasteiger partial charge in [0.05, 0.1) is 17.8 Å². The van der Waals surface area contributed by atoms with Crippen LogP contribution in [-0.4, -0.2) is 32.0 Å². The van der Waals surface area contributed by atoms with Crippen LogP contribution in [0.3, 0.4) is 0 Å². The summed E-state index contributed by atoms with van der Waals surface area (Å²) in [6, 6.07) is 29.8. The van der Waals surface area contributed by atoms with E-state index in [-0.39, 0.29) is 5.75 Å². The van der Waals surface area contributed by atoms with Crippen molar-refractivity contribution in [2.24, 2.45) is 0 Å². The molecule has 8 heteroatoms. The molecule has 2 heterocycles. The fraction of sp³-hybridized carbons (Fsp3) is 0.167. The van der Waals surface area contributed by atoms with Gasteiger partial charge >= 0.3 is 0 Å². The molecule has 194 valence electrons. The molecule has 0 aliphatic heterocycles. The lowest BCUT2D eigenvalue weighted by molar-refractivity contribution is 0.306. The predicted octanol–water partition coefficient (Wildman–Crippen LogP) is 5.95. The van der Waals surface area contributed by atoms with Gasteiger partial charge in [0.2, 0.25) is 0 Å². The van der Waals surface area contributed by atoms with Gasteiger partial charge in [0, 0.05) is 41.3 Å². The quantitative estimate of drug-likeness (QED) is 0.205. The summed E-state index contributed by atoms with van der Waals surface area (Å²) in [7, 11) is -2.99. The number of hydrogen-bond acceptors (Lipinski definition) is 7. The molecule has 0 unspecified atom stereocenters. The Hall–Kier alpha value is -4.14. The van der Waals surface area contributed by atoms with Crippen LogP contribution in [0.4, 0.5) is 11.4 Å². The van der Waals surface area contributed by atoms with E-state index in [0.29, 0.717) is 19.7 Å². The van der Waals surface area contributed by atoms with Gasteiger partial charge in [-0.1, -0.05) is 36.4 Å². The first kappa shape index (κ1) is 25.5. The second kappa shape index (κ2) is 11.5. The Balaban J connectivity index is 1.23. The first-order valence-corrected chi connectivity index (χ1v) is 14.4. The van der Waals surface area contributed by atoms with E-state index in [1.165, 1.54) is 6.26 Å². The van der Waals surface area contributed by atoms with Crippen LogP contribution in [0.25, 0.3) is 22.2 Å². The molecule has 5 aromatic rings. The standard InChI is InChI=1S/C30H29N3O4S/c1-38(34,35)18-17-31-20-26-12-14-30(37-26)23-7-13-27-28(15-16-32-29(27)19-23)33-24-8-10-25(11-9-24)36-21-22-5-3-2-4-6-22/h2-16,19,31H,17-18,20-21H2,1H3,(H,32,33). The summed E-state index contributed by atoms with van der Waals surface area (Å²) in [6.45, 7) is 1.38. The number of fused-ring (bicyclic) bond motifs is 1. The smallest absolute Gasteiger partial charge is 0.148 e. The zero-order valence-electron chi connectivity index (χ0n) is 21.1. The summed E-state index contributed by atoms with van der Waals surface area (Å²) in [5.74, 6) is 2.39. The second-order valence-electron chi connectivity index (χ2n) is 9.09. The maximum absolute atomic E-state index is 11.3. The Morgan fingerprint density at radius 3 is 2.53 bits per heavy atom. The second-order valence-corrected chi connectivity index (χ2v) is 11.3. The molecule has 0 fully saturated rings. The van der Waals surface area contributed by atoms with Gasteiger partial charge in [-0.15, -0.1) is 0 Å². The maximum Gasteiger partial charge on any atom is 0.148 e. The molecule has 0 aliphatic carbocycles. The lowest BCUT2D eigenvalue weighted by Gasteiger charge is -2.11. The zero-order chi connectivity index (χ0) is 26.4. The molecule has 0 spiro atoms. The van der Waals surface area contributed by atoms with Gasteiger partial charge in [-0.3, -0.25) is 4.98 Å². The van der Waals surface area contributed by atoms with Gasteiger partial charge in [0.15, 0.2) is 0 Å². The molecule has 2 aromatic heterocycles. The highest BCUT2D eigenvalue weighted by atomic mass is 32.2. The van der Waals surface area contributed by atoms with Crippen molar-refractivity contribution in [3.05, 3.63) is 109 Å². The molecule has 0 bridgehead atoms. The highest BCUT2D eigenvalue weighted by Gasteiger charge is 2.09. The first-order valence-electron chi connectivity index (χ1n) is 12.3. The molecule has 0 radical (unpaired) electrons. The Labute approximate surface area is 222 Å². The molecule has 3 aromatic carbocycles. The van der Waals surface area contributed by atoms with E-state index < -0.39 is 9.84 Å². The minimum absolute atomic E-state index is 0.0967. The Morgan fingerprint density at radius 1 is 0.921 bits per heavy atom. The number of benzene rings is 3. The fourth-order valence-electron chi connectivity index (χ4n) is 4.04. The molecule has 0 atom stereocenters. The topological polar surface area (TPSA) is 93.5 Å². The van der Waals surface area contributed by atoms with Crippen LogP contribution in [0.15, 0.2) is 102 Å². The SMILES string of the molecule is CS(=O)(=O)CCNCc1ccc(-c2ccc3c(Nc4ccc(OCc5ccccc5)cc4)ccnc3c2)o1. The number of furan rings is 1. The van der Waals surface area contributed by atoms with Crippen LogP contribution in [0.2, 0.25) is 0 Å². The van der Waals surface area contributed by atoms with E-state index in [9.17, 15) is 8.42 Å². The molecular weight excluding hydrogens is 498 g/mol. The molecule has 2 N–H and O–H groups in total. The van der Waals surface area contributed by atoms with Gasteiger partial charge < -0.3 is 19.8 Å². The number of pyridine rings is 1. The summed E-state index contributed by atoms with van der Waals surface area (Å²) >= 11 is 0. The largest absolute Gasteiger partial charge is 0.489 e. The molecule has 38 heavy (non-hydrogen) atoms. The van der Waals surface area contributed by atoms with Crippen molar-refractivity contribution < 1.29 is 17.6 Å². The zero-order valence-corrected chi connectivity index (χ0v) is 21.9. The van der Waals surface area contributed by atoms with Crippen molar-refractivity contribution in [3.8, 4) is 17.1 Å². The van der Waals surface area contributed by atoms with E-state index in [0.717, 1.165) is 50.7 Å². The van der Waals surface area contributed by atoms with E-state index in [1.807, 2.05) is 91.0 Å². The van der Waals surface area contributed by atoms with Crippen LogP contribution in [0.1, 0.15) is 11.3 Å². The van der Waals surface area contributed by atoms with Gasteiger partial charge in [-0.25, -0.2) is 8.42 Å². The van der Waals surface area contributed by atoms with Gasteiger partial charge in [0.25, 0.3) is 0 Å². The van der Waals surface area contributed by atoms with Crippen LogP contribution in [0, 0.1) is 0 Å². The first-order chi connectivity index (χ1) is 18.4.